The van der Waals surface area contributed by atoms with E-state index in [9.17, 15) is 4.79 Å². The highest BCUT2D eigenvalue weighted by atomic mass is 32.2. The van der Waals surface area contributed by atoms with Crippen LogP contribution in [-0.2, 0) is 4.79 Å². The second-order valence-corrected chi connectivity index (χ2v) is 3.01. The fraction of sp³-hybridized carbons (Fsp3) is 0.222. The van der Waals surface area contributed by atoms with E-state index in [4.69, 9.17) is 0 Å². The van der Waals surface area contributed by atoms with E-state index in [0.29, 0.717) is 0 Å². The molecular weight excluding hydrogens is 170 g/mol. The molecule has 0 aliphatic rings. The van der Waals surface area contributed by atoms with Crippen LogP contribution in [0.2, 0.25) is 0 Å². The molecule has 0 saturated carbocycles. The lowest BCUT2D eigenvalue weighted by molar-refractivity contribution is -0.115. The second kappa shape index (κ2) is 6.73. The van der Waals surface area contributed by atoms with Crippen molar-refractivity contribution in [3.63, 3.8) is 0 Å². The van der Waals surface area contributed by atoms with Crippen molar-refractivity contribution in [3.8, 4) is 0 Å². The molecule has 0 aromatic heterocycles. The van der Waals surface area contributed by atoms with Gasteiger partial charge in [0.25, 0.3) is 0 Å². The number of hydrogen-bond acceptors (Lipinski definition) is 2. The number of benzene rings is 1. The number of carbonyl (C=O) groups excluding carboxylic acids is 1. The molecule has 1 aromatic carbocycles. The zero-order chi connectivity index (χ0) is 9.40. The summed E-state index contributed by atoms with van der Waals surface area (Å²) in [5.41, 5.74) is 4.47. The first kappa shape index (κ1) is 11.0. The fourth-order valence-electron chi connectivity index (χ4n) is 0.557. The standard InChI is InChI=1S/C7H8S.C2H5NO/c1-8-7-5-3-2-4-6-7;1-2(3)4/h2-6H,1H3;1H3,(H2,3,4). The van der Waals surface area contributed by atoms with Crippen LogP contribution in [0, 0.1) is 0 Å². The van der Waals surface area contributed by atoms with Gasteiger partial charge < -0.3 is 5.73 Å². The van der Waals surface area contributed by atoms with Gasteiger partial charge in [-0.15, -0.1) is 11.8 Å². The number of primary amides is 1. The number of carbonyl (C=O) groups is 1. The van der Waals surface area contributed by atoms with Crippen LogP contribution in [0.1, 0.15) is 6.92 Å². The van der Waals surface area contributed by atoms with Gasteiger partial charge in [0, 0.05) is 11.8 Å². The van der Waals surface area contributed by atoms with Crippen LogP contribution in [-0.4, -0.2) is 12.2 Å². The minimum Gasteiger partial charge on any atom is -0.370 e. The fourth-order valence-corrected chi connectivity index (χ4v) is 0.986. The lowest BCUT2D eigenvalue weighted by Gasteiger charge is -1.89. The Hall–Kier alpha value is -0.960. The van der Waals surface area contributed by atoms with Gasteiger partial charge >= 0.3 is 0 Å². The number of thioether (sulfide) groups is 1. The minimum atomic E-state index is -0.333. The topological polar surface area (TPSA) is 43.1 Å². The first-order chi connectivity index (χ1) is 5.66. The average molecular weight is 183 g/mol. The third kappa shape index (κ3) is 7.15. The molecule has 0 radical (unpaired) electrons. The zero-order valence-corrected chi connectivity index (χ0v) is 8.10. The summed E-state index contributed by atoms with van der Waals surface area (Å²) < 4.78 is 0. The molecule has 0 heterocycles. The molecule has 1 aromatic rings. The van der Waals surface area contributed by atoms with Gasteiger partial charge in [0.05, 0.1) is 0 Å². The predicted octanol–water partition coefficient (Wildman–Crippen LogP) is 1.90. The van der Waals surface area contributed by atoms with Gasteiger partial charge in [-0.3, -0.25) is 4.79 Å². The van der Waals surface area contributed by atoms with Gasteiger partial charge in [0.1, 0.15) is 0 Å². The molecule has 2 nitrogen and oxygen atoms in total. The zero-order valence-electron chi connectivity index (χ0n) is 7.28. The van der Waals surface area contributed by atoms with E-state index in [1.165, 1.54) is 11.8 Å². The summed E-state index contributed by atoms with van der Waals surface area (Å²) in [6.45, 7) is 1.31. The summed E-state index contributed by atoms with van der Waals surface area (Å²) in [4.78, 5) is 10.5. The Bertz CT molecular complexity index is 219. The number of amides is 1. The van der Waals surface area contributed by atoms with Crippen molar-refractivity contribution in [2.75, 3.05) is 6.26 Å². The van der Waals surface area contributed by atoms with Crippen LogP contribution >= 0.6 is 11.8 Å². The van der Waals surface area contributed by atoms with E-state index in [2.05, 4.69) is 24.1 Å². The first-order valence-corrected chi connectivity index (χ1v) is 4.74. The smallest absolute Gasteiger partial charge is 0.214 e. The van der Waals surface area contributed by atoms with Gasteiger partial charge in [-0.25, -0.2) is 0 Å². The van der Waals surface area contributed by atoms with E-state index >= 15 is 0 Å². The van der Waals surface area contributed by atoms with Crippen molar-refractivity contribution in [1.82, 2.24) is 0 Å². The third-order valence-corrected chi connectivity index (χ3v) is 1.72. The van der Waals surface area contributed by atoms with Crippen LogP contribution in [0.4, 0.5) is 0 Å². The van der Waals surface area contributed by atoms with Gasteiger partial charge in [0.2, 0.25) is 5.91 Å². The van der Waals surface area contributed by atoms with E-state index in [-0.39, 0.29) is 5.91 Å². The van der Waals surface area contributed by atoms with Crippen molar-refractivity contribution in [2.45, 2.75) is 11.8 Å². The number of hydrogen-bond donors (Lipinski definition) is 1. The molecule has 0 bridgehead atoms. The van der Waals surface area contributed by atoms with Gasteiger partial charge in [0.15, 0.2) is 0 Å². The van der Waals surface area contributed by atoms with Gasteiger partial charge in [-0.05, 0) is 18.4 Å². The molecule has 1 rings (SSSR count). The highest BCUT2D eigenvalue weighted by molar-refractivity contribution is 7.98. The molecule has 0 unspecified atom stereocenters. The maximum absolute atomic E-state index is 9.22. The summed E-state index contributed by atoms with van der Waals surface area (Å²) in [6.07, 6.45) is 2.08. The largest absolute Gasteiger partial charge is 0.370 e. The van der Waals surface area contributed by atoms with Crippen LogP contribution in [0.5, 0.6) is 0 Å². The normalized spacial score (nSPS) is 8.17. The molecule has 0 aliphatic carbocycles. The summed E-state index contributed by atoms with van der Waals surface area (Å²) in [7, 11) is 0. The molecule has 3 heteroatoms. The lowest BCUT2D eigenvalue weighted by Crippen LogP contribution is -2.01. The lowest BCUT2D eigenvalue weighted by atomic mass is 10.4. The van der Waals surface area contributed by atoms with Crippen molar-refractivity contribution in [2.24, 2.45) is 5.73 Å². The Balaban J connectivity index is 0.000000261. The minimum absolute atomic E-state index is 0.333. The summed E-state index contributed by atoms with van der Waals surface area (Å²) in [6, 6.07) is 10.3. The highest BCUT2D eigenvalue weighted by Gasteiger charge is 1.80. The average Bonchev–Trinajstić information content (AvgIpc) is 2.05. The number of nitrogens with two attached hydrogens (primary N) is 1. The number of rotatable bonds is 1. The molecule has 66 valence electrons. The molecule has 0 atom stereocenters. The summed E-state index contributed by atoms with van der Waals surface area (Å²) >= 11 is 1.77. The maximum atomic E-state index is 9.22. The summed E-state index contributed by atoms with van der Waals surface area (Å²) in [5, 5.41) is 0. The van der Waals surface area contributed by atoms with Crippen molar-refractivity contribution < 1.29 is 4.79 Å². The van der Waals surface area contributed by atoms with Crippen molar-refractivity contribution in [3.05, 3.63) is 30.3 Å². The van der Waals surface area contributed by atoms with Crippen LogP contribution < -0.4 is 5.73 Å². The Labute approximate surface area is 77.2 Å². The quantitative estimate of drug-likeness (QED) is 0.676. The Morgan fingerprint density at radius 3 is 2.00 bits per heavy atom. The predicted molar refractivity (Wildman–Crippen MR) is 53.1 cm³/mol. The SMILES string of the molecule is CC(N)=O.CSc1ccccc1. The van der Waals surface area contributed by atoms with E-state index in [1.54, 1.807) is 11.8 Å². The molecule has 0 saturated heterocycles. The highest BCUT2D eigenvalue weighted by Crippen LogP contribution is 2.11. The molecule has 12 heavy (non-hydrogen) atoms. The molecule has 0 fully saturated rings. The molecule has 2 N–H and O–H groups in total. The molecule has 0 aliphatic heterocycles. The van der Waals surface area contributed by atoms with Crippen LogP contribution in [0.15, 0.2) is 35.2 Å². The van der Waals surface area contributed by atoms with Crippen LogP contribution in [0.25, 0.3) is 0 Å². The molecular formula is C9H13NOS. The maximum Gasteiger partial charge on any atom is 0.214 e. The van der Waals surface area contributed by atoms with E-state index in [0.717, 1.165) is 0 Å². The van der Waals surface area contributed by atoms with Crippen molar-refractivity contribution >= 4 is 17.7 Å². The third-order valence-electron chi connectivity index (χ3n) is 0.979. The molecule has 1 amide bonds. The first-order valence-electron chi connectivity index (χ1n) is 3.52. The monoisotopic (exact) mass is 183 g/mol. The summed E-state index contributed by atoms with van der Waals surface area (Å²) in [5.74, 6) is -0.333. The molecule has 0 spiro atoms. The van der Waals surface area contributed by atoms with Crippen LogP contribution in [0.3, 0.4) is 0 Å². The van der Waals surface area contributed by atoms with Gasteiger partial charge in [-0.1, -0.05) is 18.2 Å². The van der Waals surface area contributed by atoms with E-state index in [1.807, 2.05) is 18.2 Å². The Morgan fingerprint density at radius 1 is 1.33 bits per heavy atom. The van der Waals surface area contributed by atoms with Gasteiger partial charge in [-0.2, -0.15) is 0 Å². The second-order valence-electron chi connectivity index (χ2n) is 2.13. The van der Waals surface area contributed by atoms with E-state index < -0.39 is 0 Å². The Kier molecular flexibility index (Phi) is 6.19. The Morgan fingerprint density at radius 2 is 1.75 bits per heavy atom. The van der Waals surface area contributed by atoms with Crippen molar-refractivity contribution in [1.29, 1.82) is 0 Å².